The lowest BCUT2D eigenvalue weighted by molar-refractivity contribution is -0.115. The number of halogens is 1. The molecule has 1 aromatic rings. The van der Waals surface area contributed by atoms with Crippen molar-refractivity contribution in [2.45, 2.75) is 38.6 Å². The average Bonchev–Trinajstić information content (AvgIpc) is 3.20. The molecule has 0 aromatic heterocycles. The molecule has 7 heteroatoms. The highest BCUT2D eigenvalue weighted by Gasteiger charge is 2.26. The summed E-state index contributed by atoms with van der Waals surface area (Å²) in [4.78, 5) is 17.4. The molecule has 25 heavy (non-hydrogen) atoms. The Morgan fingerprint density at radius 3 is 2.84 bits per heavy atom. The van der Waals surface area contributed by atoms with E-state index in [1.807, 2.05) is 13.0 Å². The van der Waals surface area contributed by atoms with Crippen molar-refractivity contribution in [2.75, 3.05) is 13.7 Å². The number of nitrogens with one attached hydrogen (secondary N) is 1. The number of rotatable bonds is 5. The summed E-state index contributed by atoms with van der Waals surface area (Å²) in [6.07, 6.45) is 6.43. The van der Waals surface area contributed by atoms with E-state index in [2.05, 4.69) is 10.3 Å². The fourth-order valence-corrected chi connectivity index (χ4v) is 4.11. The number of carbonyl (C=O) groups is 1. The van der Waals surface area contributed by atoms with Crippen molar-refractivity contribution >= 4 is 40.5 Å². The molecule has 5 nitrogen and oxygen atoms in total. The van der Waals surface area contributed by atoms with Crippen LogP contribution in [-0.4, -0.2) is 30.8 Å². The van der Waals surface area contributed by atoms with Crippen LogP contribution < -0.4 is 14.8 Å². The number of aliphatic imine (C=N–C) groups is 1. The van der Waals surface area contributed by atoms with Crippen molar-refractivity contribution in [3.63, 3.8) is 0 Å². The summed E-state index contributed by atoms with van der Waals surface area (Å²) >= 11 is 7.66. The summed E-state index contributed by atoms with van der Waals surface area (Å²) in [5, 5.41) is 3.98. The molecule has 0 bridgehead atoms. The Labute approximate surface area is 156 Å². The monoisotopic (exact) mass is 380 g/mol. The Bertz CT molecular complexity index is 727. The van der Waals surface area contributed by atoms with Crippen molar-refractivity contribution in [1.82, 2.24) is 5.32 Å². The van der Waals surface area contributed by atoms with Crippen LogP contribution in [0.4, 0.5) is 0 Å². The fraction of sp³-hybridized carbons (Fsp3) is 0.444. The van der Waals surface area contributed by atoms with E-state index in [1.165, 1.54) is 24.6 Å². The zero-order chi connectivity index (χ0) is 17.8. The van der Waals surface area contributed by atoms with Gasteiger partial charge in [-0.3, -0.25) is 9.79 Å². The Hall–Kier alpha value is -1.66. The molecule has 1 N–H and O–H groups in total. The minimum atomic E-state index is -0.134. The lowest BCUT2D eigenvalue weighted by atomic mass is 10.2. The first-order valence-corrected chi connectivity index (χ1v) is 9.59. The third-order valence-corrected chi connectivity index (χ3v) is 5.32. The Balaban J connectivity index is 1.82. The van der Waals surface area contributed by atoms with E-state index in [4.69, 9.17) is 21.1 Å². The zero-order valence-corrected chi connectivity index (χ0v) is 15.9. The van der Waals surface area contributed by atoms with Crippen LogP contribution >= 0.6 is 23.4 Å². The minimum absolute atomic E-state index is 0.134. The van der Waals surface area contributed by atoms with Gasteiger partial charge in [-0.05, 0) is 55.3 Å². The highest BCUT2D eigenvalue weighted by Crippen LogP contribution is 2.38. The Morgan fingerprint density at radius 1 is 1.40 bits per heavy atom. The Morgan fingerprint density at radius 2 is 2.16 bits per heavy atom. The number of methoxy groups -OCH3 is 1. The normalized spacial score (nSPS) is 21.2. The maximum absolute atomic E-state index is 12.2. The smallest absolute Gasteiger partial charge is 0.264 e. The van der Waals surface area contributed by atoms with Crippen LogP contribution in [0.2, 0.25) is 5.02 Å². The number of nitrogens with zero attached hydrogens (tertiary/aromatic N) is 1. The van der Waals surface area contributed by atoms with E-state index >= 15 is 0 Å². The summed E-state index contributed by atoms with van der Waals surface area (Å²) in [6, 6.07) is 3.91. The summed E-state index contributed by atoms with van der Waals surface area (Å²) < 4.78 is 10.9. The van der Waals surface area contributed by atoms with E-state index in [9.17, 15) is 4.79 Å². The van der Waals surface area contributed by atoms with Crippen LogP contribution in [-0.2, 0) is 4.79 Å². The summed E-state index contributed by atoms with van der Waals surface area (Å²) in [5.74, 6) is 0.927. The lowest BCUT2D eigenvalue weighted by Gasteiger charge is -2.12. The quantitative estimate of drug-likeness (QED) is 0.776. The average molecular weight is 381 g/mol. The van der Waals surface area contributed by atoms with Gasteiger partial charge in [-0.25, -0.2) is 0 Å². The molecule has 3 rings (SSSR count). The molecule has 0 radical (unpaired) electrons. The van der Waals surface area contributed by atoms with E-state index in [1.54, 1.807) is 19.3 Å². The molecule has 2 aliphatic rings. The Kier molecular flexibility index (Phi) is 5.91. The van der Waals surface area contributed by atoms with E-state index in [0.29, 0.717) is 39.2 Å². The zero-order valence-electron chi connectivity index (χ0n) is 14.3. The molecule has 1 saturated carbocycles. The van der Waals surface area contributed by atoms with Gasteiger partial charge >= 0.3 is 0 Å². The summed E-state index contributed by atoms with van der Waals surface area (Å²) in [5.41, 5.74) is 0.782. The second kappa shape index (κ2) is 8.15. The number of ether oxygens (including phenoxy) is 2. The number of hydrogen-bond donors (Lipinski definition) is 1. The van der Waals surface area contributed by atoms with Crippen LogP contribution in [0.5, 0.6) is 11.5 Å². The van der Waals surface area contributed by atoms with Gasteiger partial charge in [-0.2, -0.15) is 0 Å². The van der Waals surface area contributed by atoms with E-state index < -0.39 is 0 Å². The SMILES string of the molecule is CCOc1c(Cl)cc(/C=C2/SC(=NC3CCCC3)NC2=O)cc1OC. The van der Waals surface area contributed by atoms with Crippen LogP contribution in [0.1, 0.15) is 38.2 Å². The molecular weight excluding hydrogens is 360 g/mol. The molecule has 0 unspecified atom stereocenters. The molecule has 0 spiro atoms. The molecule has 0 atom stereocenters. The number of hydrogen-bond acceptors (Lipinski definition) is 5. The van der Waals surface area contributed by atoms with Crippen molar-refractivity contribution in [2.24, 2.45) is 4.99 Å². The maximum Gasteiger partial charge on any atom is 0.264 e. The van der Waals surface area contributed by atoms with Crippen molar-refractivity contribution in [1.29, 1.82) is 0 Å². The van der Waals surface area contributed by atoms with Gasteiger partial charge in [0.15, 0.2) is 16.7 Å². The fourth-order valence-electron chi connectivity index (χ4n) is 2.95. The molecule has 1 saturated heterocycles. The van der Waals surface area contributed by atoms with Gasteiger partial charge in [0.1, 0.15) is 0 Å². The molecular formula is C18H21ClN2O3S. The van der Waals surface area contributed by atoms with E-state index in [0.717, 1.165) is 18.4 Å². The van der Waals surface area contributed by atoms with E-state index in [-0.39, 0.29) is 5.91 Å². The van der Waals surface area contributed by atoms with Gasteiger partial charge < -0.3 is 14.8 Å². The van der Waals surface area contributed by atoms with Crippen molar-refractivity contribution in [3.8, 4) is 11.5 Å². The number of amidine groups is 1. The first kappa shape index (κ1) is 18.1. The number of thioether (sulfide) groups is 1. The number of amides is 1. The lowest BCUT2D eigenvalue weighted by Crippen LogP contribution is -2.21. The number of carbonyl (C=O) groups excluding carboxylic acids is 1. The second-order valence-electron chi connectivity index (χ2n) is 5.90. The first-order valence-electron chi connectivity index (χ1n) is 8.39. The first-order chi connectivity index (χ1) is 12.1. The van der Waals surface area contributed by atoms with Crippen LogP contribution in [0.15, 0.2) is 22.0 Å². The molecule has 1 aromatic carbocycles. The maximum atomic E-state index is 12.2. The number of benzene rings is 1. The van der Waals surface area contributed by atoms with Gasteiger partial charge in [0.2, 0.25) is 0 Å². The molecule has 134 valence electrons. The summed E-state index contributed by atoms with van der Waals surface area (Å²) in [7, 11) is 1.56. The van der Waals surface area contributed by atoms with Crippen molar-refractivity contribution in [3.05, 3.63) is 27.6 Å². The van der Waals surface area contributed by atoms with Gasteiger partial charge in [0, 0.05) is 0 Å². The van der Waals surface area contributed by atoms with Gasteiger partial charge in [0.25, 0.3) is 5.91 Å². The minimum Gasteiger partial charge on any atom is -0.493 e. The van der Waals surface area contributed by atoms with Crippen LogP contribution in [0.3, 0.4) is 0 Å². The van der Waals surface area contributed by atoms with Gasteiger partial charge in [-0.1, -0.05) is 24.4 Å². The third-order valence-electron chi connectivity index (χ3n) is 4.11. The molecule has 1 heterocycles. The standard InChI is InChI=1S/C18H21ClN2O3S/c1-3-24-16-13(19)8-11(9-14(16)23-2)10-15-17(22)21-18(25-15)20-12-6-4-5-7-12/h8-10,12H,3-7H2,1-2H3,(H,20,21,22)/b15-10+. The summed E-state index contributed by atoms with van der Waals surface area (Å²) in [6.45, 7) is 2.38. The topological polar surface area (TPSA) is 59.9 Å². The third kappa shape index (κ3) is 4.30. The highest BCUT2D eigenvalue weighted by molar-refractivity contribution is 8.18. The highest BCUT2D eigenvalue weighted by atomic mass is 35.5. The van der Waals surface area contributed by atoms with Crippen molar-refractivity contribution < 1.29 is 14.3 Å². The molecule has 1 aliphatic carbocycles. The van der Waals surface area contributed by atoms with Gasteiger partial charge in [0.05, 0.1) is 29.7 Å². The second-order valence-corrected chi connectivity index (χ2v) is 7.34. The molecule has 1 aliphatic heterocycles. The predicted molar refractivity (Wildman–Crippen MR) is 103 cm³/mol. The van der Waals surface area contributed by atoms with Crippen LogP contribution in [0.25, 0.3) is 6.08 Å². The molecule has 1 amide bonds. The molecule has 2 fully saturated rings. The van der Waals surface area contributed by atoms with Crippen LogP contribution in [0, 0.1) is 0 Å². The van der Waals surface area contributed by atoms with Gasteiger partial charge in [-0.15, -0.1) is 0 Å². The largest absolute Gasteiger partial charge is 0.493 e. The predicted octanol–water partition coefficient (Wildman–Crippen LogP) is 4.25.